The number of hydrogen-bond acceptors (Lipinski definition) is 3. The maximum atomic E-state index is 12.5. The molecule has 2 rings (SSSR count). The largest absolute Gasteiger partial charge is 0.283 e. The van der Waals surface area contributed by atoms with Crippen molar-refractivity contribution in [2.45, 2.75) is 25.7 Å². The van der Waals surface area contributed by atoms with Crippen LogP contribution in [0.2, 0.25) is 5.02 Å². The Bertz CT molecular complexity index is 705. The minimum Gasteiger partial charge on any atom is -0.199 e. The third kappa shape index (κ3) is 2.15. The smallest absolute Gasteiger partial charge is 0.199 e. The van der Waals surface area contributed by atoms with E-state index in [1.165, 1.54) is 6.07 Å². The Morgan fingerprint density at radius 2 is 1.83 bits per heavy atom. The first-order valence-corrected chi connectivity index (χ1v) is 7.19. The third-order valence-electron chi connectivity index (χ3n) is 2.62. The lowest BCUT2D eigenvalue weighted by Gasteiger charge is -2.09. The van der Waals surface area contributed by atoms with Crippen LogP contribution >= 0.6 is 11.6 Å². The molecule has 0 unspecified atom stereocenters. The Morgan fingerprint density at radius 3 is 2.39 bits per heavy atom. The summed E-state index contributed by atoms with van der Waals surface area (Å²) in [4.78, 5) is 0.182. The van der Waals surface area contributed by atoms with Gasteiger partial charge in [-0.25, -0.2) is 0 Å². The molecule has 0 amide bonds. The van der Waals surface area contributed by atoms with Gasteiger partial charge in [0.1, 0.15) is 0 Å². The van der Waals surface area contributed by atoms with Crippen molar-refractivity contribution in [2.75, 3.05) is 0 Å². The molecule has 0 bridgehead atoms. The van der Waals surface area contributed by atoms with Crippen molar-refractivity contribution in [3.63, 3.8) is 0 Å². The first-order valence-electron chi connectivity index (χ1n) is 5.37. The quantitative estimate of drug-likeness (QED) is 0.852. The summed E-state index contributed by atoms with van der Waals surface area (Å²) in [6, 6.07) is 6.51. The van der Waals surface area contributed by atoms with E-state index < -0.39 is 10.0 Å². The zero-order chi connectivity index (χ0) is 13.5. The summed E-state index contributed by atoms with van der Waals surface area (Å²) in [5.41, 5.74) is 1.88. The summed E-state index contributed by atoms with van der Waals surface area (Å²) in [5, 5.41) is 4.40. The number of rotatable bonds is 2. The minimum absolute atomic E-state index is 0.182. The van der Waals surface area contributed by atoms with E-state index in [0.29, 0.717) is 22.0 Å². The molecule has 0 radical (unpaired) electrons. The molecule has 0 aliphatic rings. The fourth-order valence-electron chi connectivity index (χ4n) is 1.80. The summed E-state index contributed by atoms with van der Waals surface area (Å²) in [7, 11) is -3.68. The number of aromatic nitrogens is 2. The highest BCUT2D eigenvalue weighted by atomic mass is 35.5. The number of halogens is 1. The molecule has 0 saturated carbocycles. The molecule has 0 fully saturated rings. The van der Waals surface area contributed by atoms with E-state index in [1.54, 1.807) is 39.0 Å². The Hall–Kier alpha value is -1.33. The maximum Gasteiger partial charge on any atom is 0.283 e. The van der Waals surface area contributed by atoms with E-state index in [0.717, 1.165) is 4.09 Å². The van der Waals surface area contributed by atoms with Gasteiger partial charge in [0.25, 0.3) is 10.0 Å². The van der Waals surface area contributed by atoms with E-state index >= 15 is 0 Å². The van der Waals surface area contributed by atoms with Gasteiger partial charge in [0, 0.05) is 5.02 Å². The SMILES string of the molecule is Cc1cc(C)n(S(=O)(=O)c2cc(Cl)ccc2C)n1. The number of benzene rings is 1. The minimum atomic E-state index is -3.68. The van der Waals surface area contributed by atoms with Gasteiger partial charge in [-0.05, 0) is 44.5 Å². The van der Waals surface area contributed by atoms with Crippen molar-refractivity contribution in [3.8, 4) is 0 Å². The molecule has 0 aliphatic heterocycles. The molecule has 1 aromatic carbocycles. The lowest BCUT2D eigenvalue weighted by molar-refractivity contribution is 0.577. The van der Waals surface area contributed by atoms with Crippen LogP contribution in [0.1, 0.15) is 17.0 Å². The summed E-state index contributed by atoms with van der Waals surface area (Å²) in [6.45, 7) is 5.19. The van der Waals surface area contributed by atoms with Crippen molar-refractivity contribution < 1.29 is 8.42 Å². The fourth-order valence-corrected chi connectivity index (χ4v) is 3.64. The van der Waals surface area contributed by atoms with Gasteiger partial charge < -0.3 is 0 Å². The second-order valence-electron chi connectivity index (χ2n) is 4.18. The molecule has 18 heavy (non-hydrogen) atoms. The van der Waals surface area contributed by atoms with Gasteiger partial charge in [-0.1, -0.05) is 17.7 Å². The first-order chi connectivity index (χ1) is 8.32. The molecule has 0 spiro atoms. The van der Waals surface area contributed by atoms with E-state index in [9.17, 15) is 8.42 Å². The maximum absolute atomic E-state index is 12.5. The normalized spacial score (nSPS) is 11.8. The number of nitrogens with zero attached hydrogens (tertiary/aromatic N) is 2. The van der Waals surface area contributed by atoms with Gasteiger partial charge in [-0.3, -0.25) is 0 Å². The highest BCUT2D eigenvalue weighted by Gasteiger charge is 2.22. The second-order valence-corrected chi connectivity index (χ2v) is 6.36. The molecule has 0 aliphatic carbocycles. The van der Waals surface area contributed by atoms with Gasteiger partial charge in [0.2, 0.25) is 0 Å². The Kier molecular flexibility index (Phi) is 3.21. The van der Waals surface area contributed by atoms with Crippen LogP contribution in [0.3, 0.4) is 0 Å². The Labute approximate surface area is 111 Å². The van der Waals surface area contributed by atoms with Crippen LogP contribution < -0.4 is 0 Å². The van der Waals surface area contributed by atoms with Gasteiger partial charge in [-0.2, -0.15) is 17.6 Å². The monoisotopic (exact) mass is 284 g/mol. The predicted octanol–water partition coefficient (Wildman–Crippen LogP) is 2.70. The molecule has 4 nitrogen and oxygen atoms in total. The van der Waals surface area contributed by atoms with Crippen LogP contribution in [-0.2, 0) is 10.0 Å². The molecule has 1 aromatic heterocycles. The zero-order valence-corrected chi connectivity index (χ0v) is 11.9. The van der Waals surface area contributed by atoms with Crippen molar-refractivity contribution in [1.29, 1.82) is 0 Å². The first kappa shape index (κ1) is 13.1. The fraction of sp³-hybridized carbons (Fsp3) is 0.250. The summed E-state index contributed by atoms with van der Waals surface area (Å²) in [6.07, 6.45) is 0. The second kappa shape index (κ2) is 4.40. The van der Waals surface area contributed by atoms with Crippen LogP contribution in [0.15, 0.2) is 29.2 Å². The van der Waals surface area contributed by atoms with Gasteiger partial charge in [-0.15, -0.1) is 0 Å². The van der Waals surface area contributed by atoms with E-state index in [-0.39, 0.29) is 4.90 Å². The number of aryl methyl sites for hydroxylation is 3. The number of hydrogen-bond donors (Lipinski definition) is 0. The molecule has 0 atom stereocenters. The van der Waals surface area contributed by atoms with Crippen molar-refractivity contribution >= 4 is 21.6 Å². The molecular formula is C12H13ClN2O2S. The average molecular weight is 285 g/mol. The van der Waals surface area contributed by atoms with Gasteiger partial charge in [0.05, 0.1) is 16.3 Å². The molecule has 6 heteroatoms. The third-order valence-corrected chi connectivity index (χ3v) is 4.68. The van der Waals surface area contributed by atoms with Crippen molar-refractivity contribution in [1.82, 2.24) is 9.19 Å². The Morgan fingerprint density at radius 1 is 1.17 bits per heavy atom. The molecule has 0 N–H and O–H groups in total. The van der Waals surface area contributed by atoms with Gasteiger partial charge >= 0.3 is 0 Å². The zero-order valence-electron chi connectivity index (χ0n) is 10.3. The molecule has 1 heterocycles. The lowest BCUT2D eigenvalue weighted by Crippen LogP contribution is -2.17. The Balaban J connectivity index is 2.69. The predicted molar refractivity (Wildman–Crippen MR) is 70.5 cm³/mol. The summed E-state index contributed by atoms with van der Waals surface area (Å²) in [5.74, 6) is 0. The molecule has 96 valence electrons. The standard InChI is InChI=1S/C12H13ClN2O2S/c1-8-4-5-11(13)7-12(8)18(16,17)15-10(3)6-9(2)14-15/h4-7H,1-3H3. The van der Waals surface area contributed by atoms with Crippen LogP contribution in [0.25, 0.3) is 0 Å². The molecule has 0 saturated heterocycles. The van der Waals surface area contributed by atoms with Gasteiger partial charge in [0.15, 0.2) is 0 Å². The summed E-state index contributed by atoms with van der Waals surface area (Å²) < 4.78 is 26.0. The lowest BCUT2D eigenvalue weighted by atomic mass is 10.2. The van der Waals surface area contributed by atoms with Crippen molar-refractivity contribution in [3.05, 3.63) is 46.2 Å². The van der Waals surface area contributed by atoms with Crippen LogP contribution in [0.5, 0.6) is 0 Å². The van der Waals surface area contributed by atoms with Crippen LogP contribution in [-0.4, -0.2) is 17.6 Å². The van der Waals surface area contributed by atoms with E-state index in [2.05, 4.69) is 5.10 Å². The van der Waals surface area contributed by atoms with Crippen LogP contribution in [0, 0.1) is 20.8 Å². The highest BCUT2D eigenvalue weighted by molar-refractivity contribution is 7.90. The van der Waals surface area contributed by atoms with E-state index in [1.807, 2.05) is 0 Å². The molecular weight excluding hydrogens is 272 g/mol. The molecule has 2 aromatic rings. The highest BCUT2D eigenvalue weighted by Crippen LogP contribution is 2.23. The average Bonchev–Trinajstić information content (AvgIpc) is 2.62. The van der Waals surface area contributed by atoms with Crippen LogP contribution in [0.4, 0.5) is 0 Å². The van der Waals surface area contributed by atoms with E-state index in [4.69, 9.17) is 11.6 Å². The topological polar surface area (TPSA) is 52.0 Å². The summed E-state index contributed by atoms with van der Waals surface area (Å²) >= 11 is 5.86. The van der Waals surface area contributed by atoms with Crippen molar-refractivity contribution in [2.24, 2.45) is 0 Å².